The molecule has 0 unspecified atom stereocenters. The Kier molecular flexibility index (Phi) is 8.58. The van der Waals surface area contributed by atoms with E-state index in [0.29, 0.717) is 0 Å². The molecular weight excluding hydrogens is 752 g/mol. The van der Waals surface area contributed by atoms with E-state index in [1.807, 2.05) is 0 Å². The molecule has 0 aliphatic carbocycles. The lowest BCUT2D eigenvalue weighted by Gasteiger charge is -2.23. The molecule has 12 aromatic carbocycles. The average Bonchev–Trinajstić information content (AvgIpc) is 3.32. The fraction of sp³-hybridized carbons (Fsp3) is 0. The van der Waals surface area contributed by atoms with Crippen molar-refractivity contribution in [3.05, 3.63) is 237 Å². The van der Waals surface area contributed by atoms with Crippen molar-refractivity contribution < 1.29 is 0 Å². The monoisotopic (exact) mass is 790 g/mol. The summed E-state index contributed by atoms with van der Waals surface area (Å²) in [4.78, 5) is 0. The van der Waals surface area contributed by atoms with Gasteiger partial charge in [-0.2, -0.15) is 0 Å². The summed E-state index contributed by atoms with van der Waals surface area (Å²) in [6, 6.07) is 88.3. The van der Waals surface area contributed by atoms with Crippen molar-refractivity contribution >= 4 is 88.5 Å². The van der Waals surface area contributed by atoms with Gasteiger partial charge in [0.2, 0.25) is 0 Å². The quantitative estimate of drug-likeness (QED) is 0.116. The summed E-state index contributed by atoms with van der Waals surface area (Å²) in [6.07, 6.45) is 0. The van der Waals surface area contributed by atoms with Crippen molar-refractivity contribution in [1.29, 1.82) is 0 Å². The van der Waals surface area contributed by atoms with Gasteiger partial charge >= 0.3 is 0 Å². The Balaban J connectivity index is 1.11. The minimum absolute atomic E-state index is 1.02. The van der Waals surface area contributed by atoms with Crippen molar-refractivity contribution in [2.75, 3.05) is 0 Å². The van der Waals surface area contributed by atoms with Crippen LogP contribution < -0.4 is 15.9 Å². The minimum Gasteiger partial charge on any atom is -0.0616 e. The van der Waals surface area contributed by atoms with Crippen LogP contribution in [0.3, 0.4) is 0 Å². The van der Waals surface area contributed by atoms with Crippen molar-refractivity contribution in [1.82, 2.24) is 0 Å². The van der Waals surface area contributed by atoms with Crippen molar-refractivity contribution in [2.24, 2.45) is 0 Å². The summed E-state index contributed by atoms with van der Waals surface area (Å²) in [5.74, 6) is 0. The lowest BCUT2D eigenvalue weighted by atomic mass is 9.92. The van der Waals surface area contributed by atoms with E-state index in [1.165, 1.54) is 114 Å². The van der Waals surface area contributed by atoms with Crippen LogP contribution in [0.15, 0.2) is 237 Å². The molecule has 0 heterocycles. The Bertz CT molecular complexity index is 3120. The molecule has 0 atom stereocenters. The summed E-state index contributed by atoms with van der Waals surface area (Å²) >= 11 is 0. The van der Waals surface area contributed by atoms with E-state index >= 15 is 0 Å². The Hall–Kier alpha value is -7.37. The zero-order chi connectivity index (χ0) is 40.3. The van der Waals surface area contributed by atoms with Gasteiger partial charge < -0.3 is 0 Å². The molecule has 0 saturated heterocycles. The lowest BCUT2D eigenvalue weighted by molar-refractivity contribution is 1.68. The van der Waals surface area contributed by atoms with E-state index < -0.39 is 7.92 Å². The molecule has 0 fully saturated rings. The van der Waals surface area contributed by atoms with E-state index in [0.717, 1.165) is 0 Å². The molecule has 12 rings (SSSR count). The number of hydrogen-bond acceptors (Lipinski definition) is 0. The Morgan fingerprint density at radius 3 is 0.672 bits per heavy atom. The molecule has 12 aromatic rings. The topological polar surface area (TPSA) is 0 Å². The van der Waals surface area contributed by atoms with Gasteiger partial charge in [-0.15, -0.1) is 0 Å². The molecule has 61 heavy (non-hydrogen) atoms. The second-order valence-electron chi connectivity index (χ2n) is 16.1. The van der Waals surface area contributed by atoms with Crippen LogP contribution >= 0.6 is 7.92 Å². The largest absolute Gasteiger partial charge is 0.0616 e. The lowest BCUT2D eigenvalue weighted by Crippen LogP contribution is -2.21. The maximum Gasteiger partial charge on any atom is -0.00266 e. The van der Waals surface area contributed by atoms with E-state index in [-0.39, 0.29) is 0 Å². The zero-order valence-corrected chi connectivity index (χ0v) is 34.4. The normalized spacial score (nSPS) is 11.8. The third-order valence-electron chi connectivity index (χ3n) is 12.5. The van der Waals surface area contributed by atoms with Gasteiger partial charge in [0.05, 0.1) is 0 Å². The van der Waals surface area contributed by atoms with E-state index in [1.54, 1.807) is 0 Å². The highest BCUT2D eigenvalue weighted by molar-refractivity contribution is 7.79. The van der Waals surface area contributed by atoms with Crippen molar-refractivity contribution in [2.45, 2.75) is 0 Å². The predicted molar refractivity (Wildman–Crippen MR) is 266 cm³/mol. The number of benzene rings is 12. The maximum absolute atomic E-state index is 2.49. The molecule has 0 spiro atoms. The first-order chi connectivity index (χ1) is 30.2. The van der Waals surface area contributed by atoms with Crippen molar-refractivity contribution in [3.8, 4) is 33.4 Å². The van der Waals surface area contributed by atoms with Crippen LogP contribution in [0.5, 0.6) is 0 Å². The van der Waals surface area contributed by atoms with Gasteiger partial charge in [0, 0.05) is 0 Å². The number of fused-ring (bicyclic) bond motifs is 6. The standard InChI is InChI=1S/C60H39P/c1-7-28-52-40(16-1)34-41-17-2-8-29-53(41)58(52)46-22-13-25-49(37-46)61(50-26-14-23-47(38-50)59-54-30-9-3-18-42(54)35-43-19-4-10-31-55(43)59)51-27-15-24-48(39-51)60-56-32-11-5-20-44(56)36-45-21-6-12-33-57(45)60/h1-39H. The van der Waals surface area contributed by atoms with Crippen molar-refractivity contribution in [3.63, 3.8) is 0 Å². The Morgan fingerprint density at radius 2 is 0.426 bits per heavy atom. The van der Waals surface area contributed by atoms with E-state index in [9.17, 15) is 0 Å². The highest BCUT2D eigenvalue weighted by Gasteiger charge is 2.22. The molecule has 0 aliphatic rings. The van der Waals surface area contributed by atoms with Gasteiger partial charge in [-0.25, -0.2) is 0 Å². The van der Waals surface area contributed by atoms with Crippen LogP contribution in [0.2, 0.25) is 0 Å². The van der Waals surface area contributed by atoms with Crippen LogP contribution in [-0.2, 0) is 0 Å². The molecule has 0 aromatic heterocycles. The Morgan fingerprint density at radius 1 is 0.197 bits per heavy atom. The zero-order valence-electron chi connectivity index (χ0n) is 33.5. The van der Waals surface area contributed by atoms with Crippen LogP contribution in [0.25, 0.3) is 98.0 Å². The summed E-state index contributed by atoms with van der Waals surface area (Å²) in [5, 5.41) is 19.2. The highest BCUT2D eigenvalue weighted by atomic mass is 31.1. The molecule has 0 amide bonds. The molecular formula is C60H39P. The SMILES string of the molecule is c1cc(-c2c3ccccc3cc3ccccc23)cc(P(c2cccc(-c3c4ccccc4cc4ccccc34)c2)c2cccc(-c3c4ccccc4cc4ccccc34)c2)c1. The van der Waals surface area contributed by atoms with Gasteiger partial charge in [-0.1, -0.05) is 200 Å². The minimum atomic E-state index is -1.02. The van der Waals surface area contributed by atoms with Gasteiger partial charge in [0.25, 0.3) is 0 Å². The molecule has 0 aliphatic heterocycles. The molecule has 0 bridgehead atoms. The summed E-state index contributed by atoms with van der Waals surface area (Å²) in [6.45, 7) is 0. The number of hydrogen-bond donors (Lipinski definition) is 0. The Labute approximate surface area is 356 Å². The number of rotatable bonds is 6. The third-order valence-corrected chi connectivity index (χ3v) is 14.9. The second kappa shape index (κ2) is 14.7. The molecule has 284 valence electrons. The third kappa shape index (κ3) is 6.11. The average molecular weight is 791 g/mol. The molecule has 0 radical (unpaired) electrons. The van der Waals surface area contributed by atoms with Crippen LogP contribution in [-0.4, -0.2) is 0 Å². The smallest absolute Gasteiger partial charge is 0.00266 e. The first-order valence-electron chi connectivity index (χ1n) is 21.1. The van der Waals surface area contributed by atoms with E-state index in [2.05, 4.69) is 237 Å². The first-order valence-corrected chi connectivity index (χ1v) is 22.4. The van der Waals surface area contributed by atoms with Gasteiger partial charge in [0.15, 0.2) is 0 Å². The maximum atomic E-state index is 2.49. The fourth-order valence-corrected chi connectivity index (χ4v) is 12.2. The van der Waals surface area contributed by atoms with E-state index in [4.69, 9.17) is 0 Å². The first kappa shape index (κ1) is 35.6. The second-order valence-corrected chi connectivity index (χ2v) is 18.3. The molecule has 0 saturated carbocycles. The predicted octanol–water partition coefficient (Wildman–Crippen LogP) is 15.4. The fourth-order valence-electron chi connectivity index (χ4n) is 9.82. The van der Waals surface area contributed by atoms with Crippen LogP contribution in [0.4, 0.5) is 0 Å². The molecule has 0 N–H and O–H groups in total. The summed E-state index contributed by atoms with van der Waals surface area (Å²) < 4.78 is 0. The summed E-state index contributed by atoms with van der Waals surface area (Å²) in [7, 11) is -1.02. The highest BCUT2D eigenvalue weighted by Crippen LogP contribution is 2.43. The summed E-state index contributed by atoms with van der Waals surface area (Å²) in [5.41, 5.74) is 7.59. The van der Waals surface area contributed by atoms with Gasteiger partial charge in [-0.05, 0) is 158 Å². The van der Waals surface area contributed by atoms with Crippen LogP contribution in [0.1, 0.15) is 0 Å². The molecule has 0 nitrogen and oxygen atoms in total. The van der Waals surface area contributed by atoms with Crippen LogP contribution in [0, 0.1) is 0 Å². The molecule has 1 heteroatoms. The van der Waals surface area contributed by atoms with Gasteiger partial charge in [0.1, 0.15) is 0 Å². The van der Waals surface area contributed by atoms with Gasteiger partial charge in [-0.3, -0.25) is 0 Å².